The van der Waals surface area contributed by atoms with Crippen LogP contribution in [-0.2, 0) is 0 Å². The lowest BCUT2D eigenvalue weighted by molar-refractivity contribution is 0.0701. The molecule has 1 aromatic heterocycles. The fourth-order valence-electron chi connectivity index (χ4n) is 3.40. The summed E-state index contributed by atoms with van der Waals surface area (Å²) in [6.45, 7) is 7.22. The van der Waals surface area contributed by atoms with Crippen LogP contribution < -0.4 is 10.6 Å². The zero-order valence-electron chi connectivity index (χ0n) is 18.0. The molecule has 0 bridgehead atoms. The quantitative estimate of drug-likeness (QED) is 0.439. The molecule has 1 fully saturated rings. The number of aromatic nitrogens is 1. The number of carboxylic acids is 1. The van der Waals surface area contributed by atoms with Crippen LogP contribution in [0.1, 0.15) is 79.2 Å². The van der Waals surface area contributed by atoms with E-state index in [1.807, 2.05) is 31.2 Å². The van der Waals surface area contributed by atoms with E-state index in [2.05, 4.69) is 22.5 Å². The SMILES string of the molecule is CCCCCNC1CCCCC1.Cc1ccc(Nc2nc(C)c(C(=O)O)s2)cc1. The Morgan fingerprint density at radius 1 is 1.14 bits per heavy atom. The standard InChI is InChI=1S/C12H12N2O2S.C11H23N/c1-7-3-5-9(6-4-7)14-12-13-8(2)10(17-12)11(15)16;1-2-3-7-10-12-11-8-5-4-6-9-11/h3-6H,1-2H3,(H,13,14)(H,15,16);11-12H,2-10H2,1H3. The number of aryl methyl sites for hydroxylation is 2. The van der Waals surface area contributed by atoms with Crippen LogP contribution in [0, 0.1) is 13.8 Å². The van der Waals surface area contributed by atoms with Crippen LogP contribution in [0.2, 0.25) is 0 Å². The van der Waals surface area contributed by atoms with E-state index in [1.165, 1.54) is 63.5 Å². The van der Waals surface area contributed by atoms with Crippen LogP contribution in [0.3, 0.4) is 0 Å². The third-order valence-electron chi connectivity index (χ3n) is 5.11. The van der Waals surface area contributed by atoms with Crippen molar-refractivity contribution in [3.8, 4) is 0 Å². The Kier molecular flexibility index (Phi) is 10.2. The number of rotatable bonds is 8. The first-order chi connectivity index (χ1) is 14.0. The van der Waals surface area contributed by atoms with Crippen LogP contribution >= 0.6 is 11.3 Å². The van der Waals surface area contributed by atoms with E-state index in [-0.39, 0.29) is 4.88 Å². The Morgan fingerprint density at radius 2 is 1.83 bits per heavy atom. The second-order valence-corrected chi connectivity index (χ2v) is 8.72. The number of hydrogen-bond donors (Lipinski definition) is 3. The van der Waals surface area contributed by atoms with E-state index >= 15 is 0 Å². The van der Waals surface area contributed by atoms with Crippen molar-refractivity contribution in [1.29, 1.82) is 0 Å². The minimum atomic E-state index is -0.933. The normalized spacial score (nSPS) is 14.2. The van der Waals surface area contributed by atoms with E-state index in [0.29, 0.717) is 10.8 Å². The smallest absolute Gasteiger partial charge is 0.347 e. The number of anilines is 2. The first-order valence-electron chi connectivity index (χ1n) is 10.8. The molecule has 0 unspecified atom stereocenters. The highest BCUT2D eigenvalue weighted by atomic mass is 32.1. The van der Waals surface area contributed by atoms with Crippen molar-refractivity contribution in [2.75, 3.05) is 11.9 Å². The number of benzene rings is 1. The number of nitrogens with one attached hydrogen (secondary N) is 2. The number of nitrogens with zero attached hydrogens (tertiary/aromatic N) is 1. The van der Waals surface area contributed by atoms with E-state index in [0.717, 1.165) is 23.1 Å². The maximum atomic E-state index is 10.9. The lowest BCUT2D eigenvalue weighted by Crippen LogP contribution is -2.31. The molecule has 6 heteroatoms. The van der Waals surface area contributed by atoms with Gasteiger partial charge >= 0.3 is 5.97 Å². The molecule has 2 aromatic rings. The van der Waals surface area contributed by atoms with Crippen molar-refractivity contribution >= 4 is 28.1 Å². The average Bonchev–Trinajstić information content (AvgIpc) is 3.09. The lowest BCUT2D eigenvalue weighted by Gasteiger charge is -2.22. The van der Waals surface area contributed by atoms with E-state index in [9.17, 15) is 4.79 Å². The van der Waals surface area contributed by atoms with Gasteiger partial charge in [-0.15, -0.1) is 0 Å². The zero-order chi connectivity index (χ0) is 21.1. The Morgan fingerprint density at radius 3 is 2.41 bits per heavy atom. The fourth-order valence-corrected chi connectivity index (χ4v) is 4.22. The van der Waals surface area contributed by atoms with Crippen LogP contribution in [0.25, 0.3) is 0 Å². The molecular formula is C23H35N3O2S. The molecule has 0 saturated heterocycles. The lowest BCUT2D eigenvalue weighted by atomic mass is 9.95. The average molecular weight is 418 g/mol. The third kappa shape index (κ3) is 8.54. The zero-order valence-corrected chi connectivity index (χ0v) is 18.8. The second-order valence-electron chi connectivity index (χ2n) is 7.73. The monoisotopic (exact) mass is 417 g/mol. The van der Waals surface area contributed by atoms with Gasteiger partial charge in [0.2, 0.25) is 0 Å². The molecule has 5 nitrogen and oxygen atoms in total. The summed E-state index contributed by atoms with van der Waals surface area (Å²) in [5.41, 5.74) is 2.62. The van der Waals surface area contributed by atoms with Crippen molar-refractivity contribution < 1.29 is 9.90 Å². The molecule has 3 N–H and O–H groups in total. The minimum Gasteiger partial charge on any atom is -0.477 e. The molecule has 0 radical (unpaired) electrons. The van der Waals surface area contributed by atoms with Gasteiger partial charge in [0.05, 0.1) is 5.69 Å². The summed E-state index contributed by atoms with van der Waals surface area (Å²) in [6.07, 6.45) is 11.3. The predicted molar refractivity (Wildman–Crippen MR) is 123 cm³/mol. The molecule has 0 amide bonds. The number of thiazole rings is 1. The molecule has 0 aliphatic heterocycles. The van der Waals surface area contributed by atoms with E-state index in [1.54, 1.807) is 6.92 Å². The summed E-state index contributed by atoms with van der Waals surface area (Å²) < 4.78 is 0. The number of carbonyl (C=O) groups is 1. The topological polar surface area (TPSA) is 74.2 Å². The molecule has 29 heavy (non-hydrogen) atoms. The summed E-state index contributed by atoms with van der Waals surface area (Å²) in [7, 11) is 0. The molecular weight excluding hydrogens is 382 g/mol. The summed E-state index contributed by atoms with van der Waals surface area (Å²) in [5.74, 6) is -0.933. The Bertz CT molecular complexity index is 737. The van der Waals surface area contributed by atoms with Gasteiger partial charge in [-0.05, 0) is 51.8 Å². The fraction of sp³-hybridized carbons (Fsp3) is 0.565. The summed E-state index contributed by atoms with van der Waals surface area (Å²) >= 11 is 1.14. The molecule has 1 saturated carbocycles. The highest BCUT2D eigenvalue weighted by molar-refractivity contribution is 7.17. The molecule has 1 aliphatic rings. The Hall–Kier alpha value is -1.92. The van der Waals surface area contributed by atoms with Crippen molar-refractivity contribution in [2.24, 2.45) is 0 Å². The Labute approximate surface area is 179 Å². The number of hydrogen-bond acceptors (Lipinski definition) is 5. The van der Waals surface area contributed by atoms with Gasteiger partial charge in [-0.1, -0.05) is 68.1 Å². The molecule has 1 aliphatic carbocycles. The van der Waals surface area contributed by atoms with Crippen molar-refractivity contribution in [3.63, 3.8) is 0 Å². The molecule has 1 heterocycles. The van der Waals surface area contributed by atoms with Crippen LogP contribution in [0.5, 0.6) is 0 Å². The summed E-state index contributed by atoms with van der Waals surface area (Å²) in [4.78, 5) is 15.3. The van der Waals surface area contributed by atoms with Crippen LogP contribution in [0.15, 0.2) is 24.3 Å². The van der Waals surface area contributed by atoms with Gasteiger partial charge in [0.25, 0.3) is 0 Å². The van der Waals surface area contributed by atoms with Gasteiger partial charge in [0.15, 0.2) is 5.13 Å². The van der Waals surface area contributed by atoms with Gasteiger partial charge in [0.1, 0.15) is 4.88 Å². The van der Waals surface area contributed by atoms with Crippen molar-refractivity contribution in [3.05, 3.63) is 40.4 Å². The predicted octanol–water partition coefficient (Wildman–Crippen LogP) is 6.30. The summed E-state index contributed by atoms with van der Waals surface area (Å²) in [5, 5.41) is 16.3. The molecule has 1 aromatic carbocycles. The highest BCUT2D eigenvalue weighted by Gasteiger charge is 2.14. The number of carboxylic acid groups (broad SMARTS) is 1. The van der Waals surface area contributed by atoms with E-state index in [4.69, 9.17) is 5.11 Å². The molecule has 160 valence electrons. The highest BCUT2D eigenvalue weighted by Crippen LogP contribution is 2.25. The van der Waals surface area contributed by atoms with Gasteiger partial charge in [0, 0.05) is 11.7 Å². The largest absolute Gasteiger partial charge is 0.477 e. The number of unbranched alkanes of at least 4 members (excludes halogenated alkanes) is 2. The minimum absolute atomic E-state index is 0.277. The maximum Gasteiger partial charge on any atom is 0.347 e. The molecule has 0 atom stereocenters. The molecule has 0 spiro atoms. The maximum absolute atomic E-state index is 10.9. The van der Waals surface area contributed by atoms with E-state index < -0.39 is 5.97 Å². The van der Waals surface area contributed by atoms with Crippen molar-refractivity contribution in [2.45, 2.75) is 78.2 Å². The van der Waals surface area contributed by atoms with Gasteiger partial charge in [-0.25, -0.2) is 9.78 Å². The number of aromatic carboxylic acids is 1. The Balaban J connectivity index is 0.000000221. The second kappa shape index (κ2) is 12.6. The van der Waals surface area contributed by atoms with Gasteiger partial charge in [-0.2, -0.15) is 0 Å². The molecule has 3 rings (SSSR count). The van der Waals surface area contributed by atoms with Gasteiger partial charge < -0.3 is 15.7 Å². The van der Waals surface area contributed by atoms with Gasteiger partial charge in [-0.3, -0.25) is 0 Å². The van der Waals surface area contributed by atoms with Crippen LogP contribution in [0.4, 0.5) is 10.8 Å². The first kappa shape index (κ1) is 23.4. The third-order valence-corrected chi connectivity index (χ3v) is 6.17. The van der Waals surface area contributed by atoms with Crippen molar-refractivity contribution in [1.82, 2.24) is 10.3 Å². The van der Waals surface area contributed by atoms with Crippen LogP contribution in [-0.4, -0.2) is 28.6 Å². The first-order valence-corrected chi connectivity index (χ1v) is 11.6. The summed E-state index contributed by atoms with van der Waals surface area (Å²) in [6, 6.07) is 8.71.